The third-order valence-corrected chi connectivity index (χ3v) is 7.76. The molecule has 2 aromatic carbocycles. The van der Waals surface area contributed by atoms with Crippen LogP contribution in [0, 0.1) is 5.92 Å². The number of carbonyl (C=O) groups excluding carboxylic acids is 1. The van der Waals surface area contributed by atoms with Crippen LogP contribution in [0.15, 0.2) is 48.6 Å². The first-order chi connectivity index (χ1) is 15.0. The maximum Gasteiger partial charge on any atom is 0.167 e. The van der Waals surface area contributed by atoms with E-state index in [1.54, 1.807) is 48.6 Å². The van der Waals surface area contributed by atoms with Crippen molar-refractivity contribution < 1.29 is 14.4 Å². The fourth-order valence-corrected chi connectivity index (χ4v) is 4.52. The van der Waals surface area contributed by atoms with Crippen molar-refractivity contribution >= 4 is 64.3 Å². The van der Waals surface area contributed by atoms with Gasteiger partial charge >= 0.3 is 0 Å². The highest BCUT2D eigenvalue weighted by Gasteiger charge is 2.48. The van der Waals surface area contributed by atoms with E-state index in [1.807, 2.05) is 6.07 Å². The number of hydrogen-bond acceptors (Lipinski definition) is 2. The van der Waals surface area contributed by atoms with Crippen molar-refractivity contribution in [2.75, 3.05) is 26.7 Å². The average molecular weight is 514 g/mol. The molecular formula is C25H26Cl4NO2+. The zero-order valence-corrected chi connectivity index (χ0v) is 21.0. The topological polar surface area (TPSA) is 37.3 Å². The third-order valence-electron chi connectivity index (χ3n) is 6.28. The molecule has 3 atom stereocenters. The molecule has 0 radical (unpaired) electrons. The quantitative estimate of drug-likeness (QED) is 0.340. The molecule has 0 saturated carbocycles. The fraction of sp³-hybridized carbons (Fsp3) is 0.320. The second-order valence-corrected chi connectivity index (χ2v) is 10.2. The number of piperidine rings is 1. The SMILES string of the molecule is CC[N+]1(C)CC[C@@](O)(/C=C/c2ccc(Cl)c(Cl)c2)[C@H](C(=O)/C=C/c2ccc(Cl)c(Cl)c2)C1. The van der Waals surface area contributed by atoms with Gasteiger partial charge in [0.15, 0.2) is 5.78 Å². The Morgan fingerprint density at radius 2 is 1.59 bits per heavy atom. The normalized spacial score (nSPS) is 26.2. The first kappa shape index (κ1) is 25.3. The molecule has 1 heterocycles. The van der Waals surface area contributed by atoms with Gasteiger partial charge < -0.3 is 9.59 Å². The van der Waals surface area contributed by atoms with Gasteiger partial charge in [0.05, 0.1) is 46.8 Å². The van der Waals surface area contributed by atoms with Crippen LogP contribution in [-0.2, 0) is 4.79 Å². The summed E-state index contributed by atoms with van der Waals surface area (Å²) in [4.78, 5) is 13.3. The lowest BCUT2D eigenvalue weighted by Crippen LogP contribution is -2.61. The molecule has 1 N–H and O–H groups in total. The smallest absolute Gasteiger partial charge is 0.167 e. The van der Waals surface area contributed by atoms with E-state index in [-0.39, 0.29) is 5.78 Å². The molecule has 1 unspecified atom stereocenters. The van der Waals surface area contributed by atoms with E-state index in [0.29, 0.717) is 33.1 Å². The molecule has 0 spiro atoms. The predicted octanol–water partition coefficient (Wildman–Crippen LogP) is 6.81. The highest BCUT2D eigenvalue weighted by Crippen LogP contribution is 2.35. The van der Waals surface area contributed by atoms with Crippen LogP contribution in [-0.4, -0.2) is 47.7 Å². The lowest BCUT2D eigenvalue weighted by Gasteiger charge is -2.46. The highest BCUT2D eigenvalue weighted by atomic mass is 35.5. The molecule has 1 fully saturated rings. The van der Waals surface area contributed by atoms with Gasteiger partial charge in [-0.1, -0.05) is 76.8 Å². The molecule has 1 aliphatic heterocycles. The number of benzene rings is 2. The molecule has 0 aromatic heterocycles. The number of quaternary nitrogens is 1. The Balaban J connectivity index is 1.88. The molecule has 2 aromatic rings. The summed E-state index contributed by atoms with van der Waals surface area (Å²) >= 11 is 24.2. The average Bonchev–Trinajstić information content (AvgIpc) is 2.77. The van der Waals surface area contributed by atoms with Crippen LogP contribution < -0.4 is 0 Å². The van der Waals surface area contributed by atoms with E-state index >= 15 is 0 Å². The van der Waals surface area contributed by atoms with Crippen LogP contribution in [0.2, 0.25) is 20.1 Å². The summed E-state index contributed by atoms with van der Waals surface area (Å²) in [5, 5.41) is 13.3. The number of halogens is 4. The molecule has 0 aliphatic carbocycles. The standard InChI is InChI=1S/C25H26Cl4NO2/c1-3-30(2)13-12-25(32,11-10-18-5-8-21(27)23(29)15-18)19(16-30)24(31)9-6-17-4-7-20(26)22(28)14-17/h4-11,14-15,19,32H,3,12-13,16H2,1-2H3/q+1/b9-6+,11-10+/t19-,25-,30?/m0/s1. The maximum absolute atomic E-state index is 13.3. The summed E-state index contributed by atoms with van der Waals surface area (Å²) in [5.41, 5.74) is 0.313. The van der Waals surface area contributed by atoms with Crippen molar-refractivity contribution in [2.24, 2.45) is 5.92 Å². The fourth-order valence-electron chi connectivity index (χ4n) is 3.90. The van der Waals surface area contributed by atoms with Crippen molar-refractivity contribution in [2.45, 2.75) is 18.9 Å². The molecule has 32 heavy (non-hydrogen) atoms. The number of likely N-dealkylation sites (tertiary alicyclic amines) is 1. The van der Waals surface area contributed by atoms with Crippen LogP contribution in [0.3, 0.4) is 0 Å². The monoisotopic (exact) mass is 512 g/mol. The van der Waals surface area contributed by atoms with Crippen molar-refractivity contribution in [1.82, 2.24) is 0 Å². The largest absolute Gasteiger partial charge is 0.385 e. The van der Waals surface area contributed by atoms with Crippen molar-refractivity contribution in [3.8, 4) is 0 Å². The summed E-state index contributed by atoms with van der Waals surface area (Å²) < 4.78 is 0.722. The predicted molar refractivity (Wildman–Crippen MR) is 136 cm³/mol. The number of hydrogen-bond donors (Lipinski definition) is 1. The van der Waals surface area contributed by atoms with Gasteiger partial charge in [-0.15, -0.1) is 0 Å². The first-order valence-electron chi connectivity index (χ1n) is 10.4. The molecule has 0 amide bonds. The molecule has 1 aliphatic rings. The van der Waals surface area contributed by atoms with Crippen molar-refractivity contribution in [1.29, 1.82) is 0 Å². The summed E-state index contributed by atoms with van der Waals surface area (Å²) in [5.74, 6) is -0.714. The Morgan fingerprint density at radius 1 is 1.03 bits per heavy atom. The van der Waals surface area contributed by atoms with Crippen LogP contribution in [0.5, 0.6) is 0 Å². The zero-order valence-electron chi connectivity index (χ0n) is 18.0. The van der Waals surface area contributed by atoms with E-state index < -0.39 is 11.5 Å². The zero-order chi connectivity index (χ0) is 23.5. The van der Waals surface area contributed by atoms with Crippen LogP contribution in [0.25, 0.3) is 12.2 Å². The number of rotatable bonds is 6. The second kappa shape index (κ2) is 10.3. The Hall–Kier alpha value is -1.33. The van der Waals surface area contributed by atoms with E-state index in [1.165, 1.54) is 6.08 Å². The van der Waals surface area contributed by atoms with Crippen molar-refractivity contribution in [3.05, 3.63) is 79.8 Å². The minimum atomic E-state index is -1.27. The van der Waals surface area contributed by atoms with Crippen LogP contribution in [0.4, 0.5) is 0 Å². The number of aliphatic hydroxyl groups is 1. The molecule has 7 heteroatoms. The number of allylic oxidation sites excluding steroid dienone is 1. The molecule has 1 saturated heterocycles. The Morgan fingerprint density at radius 3 is 2.12 bits per heavy atom. The van der Waals surface area contributed by atoms with Gasteiger partial charge in [-0.3, -0.25) is 4.79 Å². The summed E-state index contributed by atoms with van der Waals surface area (Å²) in [7, 11) is 2.12. The number of carbonyl (C=O) groups is 1. The van der Waals surface area contributed by atoms with Crippen LogP contribution in [0.1, 0.15) is 24.5 Å². The second-order valence-electron chi connectivity index (χ2n) is 8.55. The number of nitrogens with zero attached hydrogens (tertiary/aromatic N) is 1. The van der Waals surface area contributed by atoms with E-state index in [9.17, 15) is 9.90 Å². The maximum atomic E-state index is 13.3. The Kier molecular flexibility index (Phi) is 8.14. The van der Waals surface area contributed by atoms with E-state index in [2.05, 4.69) is 14.0 Å². The lowest BCUT2D eigenvalue weighted by molar-refractivity contribution is -0.916. The van der Waals surface area contributed by atoms with Crippen molar-refractivity contribution in [3.63, 3.8) is 0 Å². The lowest BCUT2D eigenvalue weighted by atomic mass is 9.76. The summed E-state index contributed by atoms with van der Waals surface area (Å²) in [6.07, 6.45) is 7.23. The van der Waals surface area contributed by atoms with Gasteiger partial charge in [-0.05, 0) is 48.4 Å². The molecule has 3 nitrogen and oxygen atoms in total. The molecular weight excluding hydrogens is 488 g/mol. The minimum absolute atomic E-state index is 0.130. The molecule has 3 rings (SSSR count). The molecule has 0 bridgehead atoms. The van der Waals surface area contributed by atoms with Gasteiger partial charge in [0.25, 0.3) is 0 Å². The van der Waals surface area contributed by atoms with Gasteiger partial charge in [-0.25, -0.2) is 0 Å². The minimum Gasteiger partial charge on any atom is -0.385 e. The van der Waals surface area contributed by atoms with E-state index in [4.69, 9.17) is 46.4 Å². The third kappa shape index (κ3) is 5.96. The summed E-state index contributed by atoms with van der Waals surface area (Å²) in [6, 6.07) is 10.5. The van der Waals surface area contributed by atoms with Gasteiger partial charge in [-0.2, -0.15) is 0 Å². The van der Waals surface area contributed by atoms with Gasteiger partial charge in [0, 0.05) is 6.42 Å². The van der Waals surface area contributed by atoms with Gasteiger partial charge in [0.2, 0.25) is 0 Å². The Labute approximate surface area is 209 Å². The first-order valence-corrected chi connectivity index (χ1v) is 11.9. The highest BCUT2D eigenvalue weighted by molar-refractivity contribution is 6.42. The van der Waals surface area contributed by atoms with E-state index in [0.717, 1.165) is 28.7 Å². The molecule has 170 valence electrons. The number of ketones is 1. The Bertz CT molecular complexity index is 1070. The van der Waals surface area contributed by atoms with Crippen LogP contribution >= 0.6 is 46.4 Å². The summed E-state index contributed by atoms with van der Waals surface area (Å²) in [6.45, 7) is 4.30. The van der Waals surface area contributed by atoms with Gasteiger partial charge in [0.1, 0.15) is 11.5 Å².